The zero-order valence-corrected chi connectivity index (χ0v) is 16.8. The first-order valence-corrected chi connectivity index (χ1v) is 9.15. The summed E-state index contributed by atoms with van der Waals surface area (Å²) >= 11 is 0. The number of nitrogens with zero attached hydrogens (tertiary/aromatic N) is 3. The Labute approximate surface area is 169 Å². The van der Waals surface area contributed by atoms with Gasteiger partial charge in [0.1, 0.15) is 11.5 Å². The molecule has 0 atom stereocenters. The molecule has 1 aliphatic heterocycles. The number of hydrogen-bond acceptors (Lipinski definition) is 7. The zero-order chi connectivity index (χ0) is 21.0. The van der Waals surface area contributed by atoms with Gasteiger partial charge in [-0.3, -0.25) is 4.79 Å². The lowest BCUT2D eigenvalue weighted by Crippen LogP contribution is -2.34. The van der Waals surface area contributed by atoms with E-state index in [1.165, 1.54) is 0 Å². The van der Waals surface area contributed by atoms with Gasteiger partial charge in [-0.25, -0.2) is 11.0 Å². The van der Waals surface area contributed by atoms with Gasteiger partial charge in [0.15, 0.2) is 5.84 Å². The fraction of sp³-hybridized carbons (Fsp3) is 0.300. The highest BCUT2D eigenvalue weighted by Gasteiger charge is 2.26. The van der Waals surface area contributed by atoms with Crippen LogP contribution in [0.3, 0.4) is 0 Å². The lowest BCUT2D eigenvalue weighted by Gasteiger charge is -2.19. The highest BCUT2D eigenvalue weighted by Crippen LogP contribution is 2.35. The van der Waals surface area contributed by atoms with Crippen molar-refractivity contribution in [3.05, 3.63) is 47.5 Å². The summed E-state index contributed by atoms with van der Waals surface area (Å²) < 4.78 is 10.8. The second-order valence-corrected chi connectivity index (χ2v) is 6.58. The van der Waals surface area contributed by atoms with Crippen molar-refractivity contribution >= 4 is 23.1 Å². The number of amides is 1. The molecule has 0 unspecified atom stereocenters. The second kappa shape index (κ2) is 8.70. The highest BCUT2D eigenvalue weighted by molar-refractivity contribution is 6.00. The number of hydrazone groups is 1. The number of anilines is 2. The van der Waals surface area contributed by atoms with E-state index in [0.717, 1.165) is 28.5 Å². The van der Waals surface area contributed by atoms with Gasteiger partial charge in [0.2, 0.25) is 5.91 Å². The van der Waals surface area contributed by atoms with Crippen LogP contribution in [0.1, 0.15) is 11.1 Å². The molecule has 2 aromatic carbocycles. The van der Waals surface area contributed by atoms with Gasteiger partial charge in [-0.05, 0) is 36.8 Å². The molecule has 3 rings (SSSR count). The van der Waals surface area contributed by atoms with Gasteiger partial charge in [-0.1, -0.05) is 6.07 Å². The van der Waals surface area contributed by atoms with Crippen molar-refractivity contribution < 1.29 is 14.3 Å². The number of hydrogen-bond donors (Lipinski definition) is 3. The Balaban J connectivity index is 1.76. The Morgan fingerprint density at radius 2 is 2.00 bits per heavy atom. The summed E-state index contributed by atoms with van der Waals surface area (Å²) in [6.45, 7) is 0.722. The van der Waals surface area contributed by atoms with Crippen LogP contribution in [0, 0.1) is 0 Å². The Morgan fingerprint density at radius 3 is 2.69 bits per heavy atom. The van der Waals surface area contributed by atoms with Gasteiger partial charge < -0.3 is 25.4 Å². The molecule has 0 spiro atoms. The predicted octanol–water partition coefficient (Wildman–Crippen LogP) is 1.13. The highest BCUT2D eigenvalue weighted by atomic mass is 16.5. The zero-order valence-electron chi connectivity index (χ0n) is 16.8. The molecule has 0 aliphatic carbocycles. The maximum atomic E-state index is 12.9. The van der Waals surface area contributed by atoms with Crippen molar-refractivity contribution in [2.75, 3.05) is 44.6 Å². The molecule has 9 heteroatoms. The number of fused-ring (bicyclic) bond motifs is 1. The van der Waals surface area contributed by atoms with E-state index >= 15 is 0 Å². The summed E-state index contributed by atoms with van der Waals surface area (Å²) in [5.74, 6) is 7.13. The normalized spacial score (nSPS) is 13.1. The summed E-state index contributed by atoms with van der Waals surface area (Å²) in [7, 11) is 4.78. The molecule has 0 bridgehead atoms. The van der Waals surface area contributed by atoms with Crippen LogP contribution < -0.4 is 31.3 Å². The third-order valence-electron chi connectivity index (χ3n) is 4.70. The molecule has 1 amide bonds. The van der Waals surface area contributed by atoms with E-state index in [1.807, 2.05) is 18.2 Å². The molecule has 0 saturated heterocycles. The summed E-state index contributed by atoms with van der Waals surface area (Å²) in [5, 5.41) is 8.27. The van der Waals surface area contributed by atoms with E-state index in [-0.39, 0.29) is 18.3 Å². The summed E-state index contributed by atoms with van der Waals surface area (Å²) in [4.78, 5) is 14.6. The van der Waals surface area contributed by atoms with Gasteiger partial charge in [-0.2, -0.15) is 0 Å². The third kappa shape index (κ3) is 4.35. The summed E-state index contributed by atoms with van der Waals surface area (Å²) in [6.07, 6.45) is 0.767. The van der Waals surface area contributed by atoms with E-state index < -0.39 is 0 Å². The molecule has 9 nitrogen and oxygen atoms in total. The van der Waals surface area contributed by atoms with Crippen molar-refractivity contribution in [2.24, 2.45) is 16.7 Å². The largest absolute Gasteiger partial charge is 0.496 e. The van der Waals surface area contributed by atoms with Crippen molar-refractivity contribution in [1.29, 1.82) is 0 Å². The minimum absolute atomic E-state index is 0.0483. The van der Waals surface area contributed by atoms with E-state index in [1.54, 1.807) is 44.4 Å². The predicted molar refractivity (Wildman–Crippen MR) is 113 cm³/mol. The van der Waals surface area contributed by atoms with E-state index in [2.05, 4.69) is 10.4 Å². The van der Waals surface area contributed by atoms with Gasteiger partial charge in [0.05, 0.1) is 32.1 Å². The smallest absolute Gasteiger partial charge is 0.246 e. The van der Waals surface area contributed by atoms with Crippen molar-refractivity contribution in [2.45, 2.75) is 6.42 Å². The van der Waals surface area contributed by atoms with Crippen molar-refractivity contribution in [3.8, 4) is 11.5 Å². The standard InChI is InChI=1S/C20H26N6O3/c1-25(22)24-20(21)13-7-8-18(29-3)15(11-13)23-12-19(27)26-10-9-14-16(26)5-4-6-17(14)28-2/h4-8,11,23H,9-10,12,22H2,1-3H3,(H2,21,24). The van der Waals surface area contributed by atoms with Crippen LogP contribution in [0.5, 0.6) is 11.5 Å². The average molecular weight is 398 g/mol. The number of hydrazine groups is 1. The molecule has 1 aliphatic rings. The maximum absolute atomic E-state index is 12.9. The molecule has 2 aromatic rings. The van der Waals surface area contributed by atoms with Crippen LogP contribution in [0.15, 0.2) is 41.5 Å². The summed E-state index contributed by atoms with van der Waals surface area (Å²) in [6, 6.07) is 11.0. The molecule has 0 radical (unpaired) electrons. The minimum atomic E-state index is -0.0483. The number of carbonyl (C=O) groups is 1. The molecular weight excluding hydrogens is 372 g/mol. The molecule has 0 fully saturated rings. The number of benzene rings is 2. The number of rotatable bonds is 7. The van der Waals surface area contributed by atoms with Crippen LogP contribution in [-0.2, 0) is 11.2 Å². The second-order valence-electron chi connectivity index (χ2n) is 6.58. The number of carbonyl (C=O) groups excluding carboxylic acids is 1. The first-order valence-electron chi connectivity index (χ1n) is 9.15. The van der Waals surface area contributed by atoms with Gasteiger partial charge in [0, 0.05) is 24.7 Å². The van der Waals surface area contributed by atoms with E-state index in [0.29, 0.717) is 23.5 Å². The number of methoxy groups -OCH3 is 2. The minimum Gasteiger partial charge on any atom is -0.496 e. The Kier molecular flexibility index (Phi) is 6.08. The molecule has 154 valence electrons. The number of nitrogens with two attached hydrogens (primary N) is 2. The quantitative estimate of drug-likeness (QED) is 0.277. The molecule has 0 saturated carbocycles. The molecule has 0 aromatic heterocycles. The van der Waals surface area contributed by atoms with Gasteiger partial charge in [0.25, 0.3) is 0 Å². The molecule has 5 N–H and O–H groups in total. The monoisotopic (exact) mass is 398 g/mol. The fourth-order valence-corrected chi connectivity index (χ4v) is 3.35. The average Bonchev–Trinajstić information content (AvgIpc) is 3.15. The Morgan fingerprint density at radius 1 is 1.24 bits per heavy atom. The first-order chi connectivity index (χ1) is 13.9. The van der Waals surface area contributed by atoms with Crippen LogP contribution in [0.25, 0.3) is 0 Å². The van der Waals surface area contributed by atoms with Crippen molar-refractivity contribution in [1.82, 2.24) is 5.12 Å². The van der Waals surface area contributed by atoms with Crippen LogP contribution in [-0.4, -0.2) is 51.2 Å². The van der Waals surface area contributed by atoms with Crippen LogP contribution in [0.4, 0.5) is 11.4 Å². The van der Waals surface area contributed by atoms with Crippen LogP contribution in [0.2, 0.25) is 0 Å². The lowest BCUT2D eigenvalue weighted by atomic mass is 10.1. The Bertz CT molecular complexity index is 928. The van der Waals surface area contributed by atoms with Gasteiger partial charge in [-0.15, -0.1) is 5.10 Å². The van der Waals surface area contributed by atoms with E-state index in [4.69, 9.17) is 21.1 Å². The fourth-order valence-electron chi connectivity index (χ4n) is 3.35. The maximum Gasteiger partial charge on any atom is 0.246 e. The molecule has 29 heavy (non-hydrogen) atoms. The number of amidine groups is 1. The lowest BCUT2D eigenvalue weighted by molar-refractivity contribution is -0.116. The number of ether oxygens (including phenoxy) is 2. The number of nitrogens with one attached hydrogen (secondary N) is 1. The summed E-state index contributed by atoms with van der Waals surface area (Å²) in [5.41, 5.74) is 9.21. The molecular formula is C20H26N6O3. The topological polar surface area (TPSA) is 118 Å². The molecule has 1 heterocycles. The van der Waals surface area contributed by atoms with Crippen molar-refractivity contribution in [3.63, 3.8) is 0 Å². The SMILES string of the molecule is COc1ccc(/C(N)=N/N(C)N)cc1NCC(=O)N1CCc2c(OC)cccc21. The van der Waals surface area contributed by atoms with Crippen LogP contribution >= 0.6 is 0 Å². The van der Waals surface area contributed by atoms with Gasteiger partial charge >= 0.3 is 0 Å². The van der Waals surface area contributed by atoms with E-state index in [9.17, 15) is 4.79 Å². The first kappa shape index (κ1) is 20.3. The Hall–Kier alpha value is -3.46. The third-order valence-corrected chi connectivity index (χ3v) is 4.70.